The first-order chi connectivity index (χ1) is 16.1. The fourth-order valence-corrected chi connectivity index (χ4v) is 1.92. The van der Waals surface area contributed by atoms with Gasteiger partial charge < -0.3 is 33.5 Å². The van der Waals surface area contributed by atoms with Gasteiger partial charge in [-0.25, -0.2) is 0 Å². The number of rotatable bonds is 21. The van der Waals surface area contributed by atoms with Gasteiger partial charge in [-0.3, -0.25) is 0 Å². The van der Waals surface area contributed by atoms with Gasteiger partial charge >= 0.3 is 30.1 Å². The molecular formula is C17H25F11O7. The lowest BCUT2D eigenvalue weighted by molar-refractivity contribution is -0.457. The van der Waals surface area contributed by atoms with Crippen LogP contribution in [0.5, 0.6) is 0 Å². The van der Waals surface area contributed by atoms with Crippen molar-refractivity contribution in [1.29, 1.82) is 0 Å². The summed E-state index contributed by atoms with van der Waals surface area (Å²) in [6.07, 6.45) is -13.6. The van der Waals surface area contributed by atoms with E-state index in [1.165, 1.54) is 0 Å². The molecule has 0 saturated heterocycles. The molecule has 7 nitrogen and oxygen atoms in total. The van der Waals surface area contributed by atoms with E-state index in [0.29, 0.717) is 13.2 Å². The maximum Gasteiger partial charge on any atom is 0.460 e. The zero-order chi connectivity index (χ0) is 27.2. The molecule has 0 aromatic carbocycles. The van der Waals surface area contributed by atoms with Crippen LogP contribution in [0.3, 0.4) is 0 Å². The van der Waals surface area contributed by atoms with Gasteiger partial charge in [-0.2, -0.15) is 48.3 Å². The third kappa shape index (κ3) is 10.5. The summed E-state index contributed by atoms with van der Waals surface area (Å²) in [6, 6.07) is 0. The van der Waals surface area contributed by atoms with Gasteiger partial charge in [0.05, 0.1) is 79.3 Å². The molecule has 1 N–H and O–H groups in total. The van der Waals surface area contributed by atoms with Gasteiger partial charge in [0.2, 0.25) is 0 Å². The lowest BCUT2D eigenvalue weighted by atomic mass is 10.0. The van der Waals surface area contributed by atoms with Crippen molar-refractivity contribution >= 4 is 0 Å². The van der Waals surface area contributed by atoms with Crippen LogP contribution >= 0.6 is 0 Å². The van der Waals surface area contributed by atoms with Crippen LogP contribution in [0.25, 0.3) is 0 Å². The molecule has 0 radical (unpaired) electrons. The van der Waals surface area contributed by atoms with Gasteiger partial charge in [0.15, 0.2) is 0 Å². The van der Waals surface area contributed by atoms with E-state index in [1.54, 1.807) is 0 Å². The maximum absolute atomic E-state index is 13.2. The Bertz CT molecular complexity index is 563. The SMILES string of the molecule is OCCOCCOCCOCCOCCOCCOC(F)(F)C(F)(F)C(F)(F)C(F)(F)C(F)(F)F. The van der Waals surface area contributed by atoms with Crippen LogP contribution in [-0.2, 0) is 28.4 Å². The number of hydrogen-bond acceptors (Lipinski definition) is 7. The Labute approximate surface area is 192 Å². The first kappa shape index (κ1) is 34.0. The number of aliphatic hydroxyl groups is 1. The number of hydrogen-bond donors (Lipinski definition) is 1. The van der Waals surface area contributed by atoms with Gasteiger partial charge in [0, 0.05) is 0 Å². The van der Waals surface area contributed by atoms with E-state index in [0.717, 1.165) is 0 Å². The standard InChI is InChI=1S/C17H25F11O7/c18-13(19,14(20,21)16(24,25)26)15(22,23)17(27,28)35-12-11-34-10-9-33-8-7-32-6-5-31-4-3-30-2-1-29/h29H,1-12H2. The normalized spacial score (nSPS) is 14.1. The lowest BCUT2D eigenvalue weighted by Gasteiger charge is -2.36. The number of aliphatic hydroxyl groups excluding tert-OH is 1. The molecular weight excluding hydrogens is 525 g/mol. The van der Waals surface area contributed by atoms with Crippen molar-refractivity contribution in [2.75, 3.05) is 79.3 Å². The summed E-state index contributed by atoms with van der Waals surface area (Å²) in [6.45, 7) is -1.55. The molecule has 0 unspecified atom stereocenters. The van der Waals surface area contributed by atoms with E-state index < -0.39 is 43.3 Å². The average Bonchev–Trinajstić information content (AvgIpc) is 2.74. The summed E-state index contributed by atoms with van der Waals surface area (Å²) in [5.74, 6) is -22.2. The highest BCUT2D eigenvalue weighted by atomic mass is 19.4. The van der Waals surface area contributed by atoms with Gasteiger partial charge in [-0.15, -0.1) is 0 Å². The third-order valence-corrected chi connectivity index (χ3v) is 3.74. The monoisotopic (exact) mass is 550 g/mol. The molecule has 18 heteroatoms. The molecule has 0 bridgehead atoms. The first-order valence-electron chi connectivity index (χ1n) is 9.77. The molecule has 0 aromatic heterocycles. The van der Waals surface area contributed by atoms with Crippen LogP contribution < -0.4 is 0 Å². The molecule has 0 aliphatic heterocycles. The second kappa shape index (κ2) is 15.3. The van der Waals surface area contributed by atoms with Crippen LogP contribution in [0.2, 0.25) is 0 Å². The summed E-state index contributed by atoms with van der Waals surface area (Å²) < 4.78 is 168. The first-order valence-corrected chi connectivity index (χ1v) is 9.77. The molecule has 0 saturated carbocycles. The molecule has 0 atom stereocenters. The smallest absolute Gasteiger partial charge is 0.394 e. The lowest BCUT2D eigenvalue weighted by Crippen LogP contribution is -2.67. The van der Waals surface area contributed by atoms with Crippen LogP contribution in [0.15, 0.2) is 0 Å². The molecule has 0 rings (SSSR count). The maximum atomic E-state index is 13.2. The van der Waals surface area contributed by atoms with Crippen molar-refractivity contribution in [3.05, 3.63) is 0 Å². The summed E-state index contributed by atoms with van der Waals surface area (Å²) in [5.41, 5.74) is 0. The fraction of sp³-hybridized carbons (Fsp3) is 1.00. The average molecular weight is 550 g/mol. The predicted octanol–water partition coefficient (Wildman–Crippen LogP) is 3.14. The Morgan fingerprint density at radius 2 is 0.714 bits per heavy atom. The number of ether oxygens (including phenoxy) is 6. The van der Waals surface area contributed by atoms with Gasteiger partial charge in [-0.1, -0.05) is 0 Å². The predicted molar refractivity (Wildman–Crippen MR) is 93.0 cm³/mol. The highest BCUT2D eigenvalue weighted by Gasteiger charge is 2.87. The minimum Gasteiger partial charge on any atom is -0.394 e. The quantitative estimate of drug-likeness (QED) is 0.174. The van der Waals surface area contributed by atoms with Crippen molar-refractivity contribution in [3.63, 3.8) is 0 Å². The summed E-state index contributed by atoms with van der Waals surface area (Å²) in [7, 11) is 0. The number of alkyl halides is 11. The van der Waals surface area contributed by atoms with Crippen LogP contribution in [0, 0.1) is 0 Å². The summed E-state index contributed by atoms with van der Waals surface area (Å²) >= 11 is 0. The van der Waals surface area contributed by atoms with Crippen molar-refractivity contribution < 1.29 is 81.8 Å². The van der Waals surface area contributed by atoms with Crippen LogP contribution in [-0.4, -0.2) is 114 Å². The molecule has 0 amide bonds. The third-order valence-electron chi connectivity index (χ3n) is 3.74. The molecule has 0 aliphatic rings. The zero-order valence-electron chi connectivity index (χ0n) is 18.0. The summed E-state index contributed by atoms with van der Waals surface area (Å²) in [4.78, 5) is 0. The van der Waals surface area contributed by atoms with Gasteiger partial charge in [0.25, 0.3) is 0 Å². The minimum atomic E-state index is -7.51. The number of halogens is 11. The highest BCUT2D eigenvalue weighted by Crippen LogP contribution is 2.57. The van der Waals surface area contributed by atoms with E-state index in [9.17, 15) is 48.3 Å². The second-order valence-electron chi connectivity index (χ2n) is 6.37. The topological polar surface area (TPSA) is 75.6 Å². The Hall–Kier alpha value is -1.05. The Morgan fingerprint density at radius 1 is 0.400 bits per heavy atom. The van der Waals surface area contributed by atoms with Crippen molar-refractivity contribution in [1.82, 2.24) is 0 Å². The van der Waals surface area contributed by atoms with Gasteiger partial charge in [-0.05, 0) is 0 Å². The van der Waals surface area contributed by atoms with Crippen LogP contribution in [0.1, 0.15) is 0 Å². The Morgan fingerprint density at radius 3 is 1.03 bits per heavy atom. The Balaban J connectivity index is 4.02. The fourth-order valence-electron chi connectivity index (χ4n) is 1.92. The van der Waals surface area contributed by atoms with Gasteiger partial charge in [0.1, 0.15) is 0 Å². The zero-order valence-corrected chi connectivity index (χ0v) is 18.0. The molecule has 35 heavy (non-hydrogen) atoms. The van der Waals surface area contributed by atoms with E-state index >= 15 is 0 Å². The largest absolute Gasteiger partial charge is 0.460 e. The molecule has 0 aliphatic carbocycles. The summed E-state index contributed by atoms with van der Waals surface area (Å²) in [5, 5.41) is 8.47. The molecule has 0 fully saturated rings. The van der Waals surface area contributed by atoms with E-state index in [4.69, 9.17) is 24.1 Å². The Kier molecular flexibility index (Phi) is 14.8. The van der Waals surface area contributed by atoms with Crippen molar-refractivity contribution in [3.8, 4) is 0 Å². The second-order valence-corrected chi connectivity index (χ2v) is 6.37. The molecule has 212 valence electrons. The van der Waals surface area contributed by atoms with Crippen LogP contribution in [0.4, 0.5) is 48.3 Å². The highest BCUT2D eigenvalue weighted by molar-refractivity contribution is 5.03. The molecule has 0 spiro atoms. The van der Waals surface area contributed by atoms with Crippen molar-refractivity contribution in [2.24, 2.45) is 0 Å². The molecule has 0 aromatic rings. The van der Waals surface area contributed by atoms with Crippen molar-refractivity contribution in [2.45, 2.75) is 30.1 Å². The van der Waals surface area contributed by atoms with E-state index in [1.807, 2.05) is 0 Å². The van der Waals surface area contributed by atoms with E-state index in [-0.39, 0.29) is 52.9 Å². The minimum absolute atomic E-state index is 0.0618. The van der Waals surface area contributed by atoms with E-state index in [2.05, 4.69) is 9.47 Å². The molecule has 0 heterocycles.